The van der Waals surface area contributed by atoms with Crippen LogP contribution in [0.2, 0.25) is 0 Å². The highest BCUT2D eigenvalue weighted by atomic mass is 32.2. The smallest absolute Gasteiger partial charge is 0.252 e. The van der Waals surface area contributed by atoms with Gasteiger partial charge in [-0.15, -0.1) is 0 Å². The van der Waals surface area contributed by atoms with Crippen molar-refractivity contribution in [3.05, 3.63) is 29.3 Å². The van der Waals surface area contributed by atoms with Crippen LogP contribution in [-0.4, -0.2) is 50.2 Å². The van der Waals surface area contributed by atoms with E-state index in [-0.39, 0.29) is 16.4 Å². The second kappa shape index (κ2) is 9.68. The maximum atomic E-state index is 12.7. The van der Waals surface area contributed by atoms with Gasteiger partial charge in [0.1, 0.15) is 6.04 Å². The first kappa shape index (κ1) is 22.1. The first-order chi connectivity index (χ1) is 12.2. The van der Waals surface area contributed by atoms with E-state index in [1.54, 1.807) is 33.8 Å². The molecule has 7 nitrogen and oxygen atoms in total. The molecule has 0 aliphatic heterocycles. The molecule has 2 N–H and O–H groups in total. The Morgan fingerprint density at radius 1 is 1.15 bits per heavy atom. The van der Waals surface area contributed by atoms with Crippen LogP contribution in [-0.2, 0) is 14.8 Å². The van der Waals surface area contributed by atoms with Gasteiger partial charge in [0.05, 0.1) is 4.90 Å². The molecule has 1 rings (SSSR count). The first-order valence-electron chi connectivity index (χ1n) is 8.88. The van der Waals surface area contributed by atoms with E-state index >= 15 is 0 Å². The van der Waals surface area contributed by atoms with Crippen LogP contribution in [0, 0.1) is 6.92 Å². The second-order valence-corrected chi connectivity index (χ2v) is 7.99. The lowest BCUT2D eigenvalue weighted by Crippen LogP contribution is -2.45. The molecule has 0 saturated carbocycles. The van der Waals surface area contributed by atoms with Gasteiger partial charge in [0.25, 0.3) is 5.91 Å². The summed E-state index contributed by atoms with van der Waals surface area (Å²) in [7, 11) is -3.66. The van der Waals surface area contributed by atoms with E-state index in [1.807, 2.05) is 6.92 Å². The van der Waals surface area contributed by atoms with E-state index in [9.17, 15) is 18.0 Å². The Morgan fingerprint density at radius 3 is 2.31 bits per heavy atom. The zero-order valence-electron chi connectivity index (χ0n) is 16.1. The molecular formula is C18H29N3O4S. The van der Waals surface area contributed by atoms with Gasteiger partial charge in [0.2, 0.25) is 15.9 Å². The summed E-state index contributed by atoms with van der Waals surface area (Å²) in [5.41, 5.74) is 0.885. The van der Waals surface area contributed by atoms with Gasteiger partial charge in [-0.05, 0) is 38.0 Å². The van der Waals surface area contributed by atoms with E-state index < -0.39 is 22.0 Å². The lowest BCUT2D eigenvalue weighted by Gasteiger charge is -2.20. The fraction of sp³-hybridized carbons (Fsp3) is 0.556. The van der Waals surface area contributed by atoms with Crippen molar-refractivity contribution in [3.8, 4) is 0 Å². The summed E-state index contributed by atoms with van der Waals surface area (Å²) in [5.74, 6) is -0.747. The molecule has 8 heteroatoms. The lowest BCUT2D eigenvalue weighted by molar-refractivity contribution is -0.122. The number of amides is 2. The first-order valence-corrected chi connectivity index (χ1v) is 10.3. The van der Waals surface area contributed by atoms with Gasteiger partial charge in [-0.1, -0.05) is 26.8 Å². The summed E-state index contributed by atoms with van der Waals surface area (Å²) in [6, 6.07) is 3.76. The van der Waals surface area contributed by atoms with Crippen molar-refractivity contribution < 1.29 is 18.0 Å². The van der Waals surface area contributed by atoms with Crippen LogP contribution in [0.3, 0.4) is 0 Å². The molecule has 0 unspecified atom stereocenters. The van der Waals surface area contributed by atoms with Crippen molar-refractivity contribution in [2.45, 2.75) is 52.0 Å². The van der Waals surface area contributed by atoms with Crippen molar-refractivity contribution in [2.24, 2.45) is 0 Å². The number of aryl methyl sites for hydroxylation is 1. The quantitative estimate of drug-likeness (QED) is 0.678. The number of hydrogen-bond donors (Lipinski definition) is 2. The third-order valence-electron chi connectivity index (χ3n) is 4.09. The van der Waals surface area contributed by atoms with E-state index in [1.165, 1.54) is 16.4 Å². The number of nitrogens with zero attached hydrogens (tertiary/aromatic N) is 1. The molecule has 0 spiro atoms. The third kappa shape index (κ3) is 5.28. The maximum absolute atomic E-state index is 12.7. The second-order valence-electron chi connectivity index (χ2n) is 6.05. The minimum absolute atomic E-state index is 0.0695. The van der Waals surface area contributed by atoms with Gasteiger partial charge in [0, 0.05) is 25.2 Å². The normalized spacial score (nSPS) is 12.7. The van der Waals surface area contributed by atoms with Gasteiger partial charge in [-0.2, -0.15) is 4.31 Å². The molecular weight excluding hydrogens is 354 g/mol. The maximum Gasteiger partial charge on any atom is 0.252 e. The van der Waals surface area contributed by atoms with Crippen LogP contribution < -0.4 is 10.6 Å². The molecule has 1 aromatic rings. The number of nitrogens with one attached hydrogen (secondary N) is 2. The predicted octanol–water partition coefficient (Wildman–Crippen LogP) is 1.67. The third-order valence-corrected chi connectivity index (χ3v) is 6.13. The summed E-state index contributed by atoms with van der Waals surface area (Å²) in [6.07, 6.45) is 0.802. The van der Waals surface area contributed by atoms with Gasteiger partial charge in [0.15, 0.2) is 0 Å². The van der Waals surface area contributed by atoms with Crippen LogP contribution in [0.15, 0.2) is 23.1 Å². The molecule has 0 heterocycles. The summed E-state index contributed by atoms with van der Waals surface area (Å²) in [6.45, 7) is 10.0. The van der Waals surface area contributed by atoms with E-state index in [4.69, 9.17) is 0 Å². The average Bonchev–Trinajstić information content (AvgIpc) is 2.60. The molecule has 0 bridgehead atoms. The number of hydrogen-bond acceptors (Lipinski definition) is 4. The number of benzene rings is 1. The Bertz CT molecular complexity index is 743. The SMILES string of the molecule is CCCNC(=O)[C@H](C)NC(=O)c1cc(S(=O)(=O)N(CC)CC)ccc1C. The van der Waals surface area contributed by atoms with E-state index in [0.29, 0.717) is 25.2 Å². The van der Waals surface area contributed by atoms with Crippen molar-refractivity contribution in [1.82, 2.24) is 14.9 Å². The largest absolute Gasteiger partial charge is 0.354 e. The highest BCUT2D eigenvalue weighted by Gasteiger charge is 2.24. The standard InChI is InChI=1S/C18H29N3O4S/c1-6-11-19-17(22)14(5)20-18(23)16-12-15(10-9-13(16)4)26(24,25)21(7-2)8-3/h9-10,12,14H,6-8,11H2,1-5H3,(H,19,22)(H,20,23)/t14-/m0/s1. The fourth-order valence-electron chi connectivity index (χ4n) is 2.46. The Hall–Kier alpha value is -1.93. The molecule has 0 aliphatic carbocycles. The Balaban J connectivity index is 3.07. The molecule has 26 heavy (non-hydrogen) atoms. The fourth-order valence-corrected chi connectivity index (χ4v) is 3.94. The zero-order valence-corrected chi connectivity index (χ0v) is 16.9. The minimum atomic E-state index is -3.66. The number of sulfonamides is 1. The monoisotopic (exact) mass is 383 g/mol. The average molecular weight is 384 g/mol. The molecule has 0 radical (unpaired) electrons. The number of carbonyl (C=O) groups is 2. The van der Waals surface area contributed by atoms with Gasteiger partial charge in [-0.3, -0.25) is 9.59 Å². The lowest BCUT2D eigenvalue weighted by atomic mass is 10.1. The van der Waals surface area contributed by atoms with Crippen molar-refractivity contribution in [1.29, 1.82) is 0 Å². The van der Waals surface area contributed by atoms with Crippen molar-refractivity contribution >= 4 is 21.8 Å². The van der Waals surface area contributed by atoms with Crippen LogP contribution in [0.25, 0.3) is 0 Å². The Labute approximate surface area is 156 Å². The van der Waals surface area contributed by atoms with Gasteiger partial charge >= 0.3 is 0 Å². The van der Waals surface area contributed by atoms with Crippen molar-refractivity contribution in [3.63, 3.8) is 0 Å². The van der Waals surface area contributed by atoms with Crippen LogP contribution in [0.5, 0.6) is 0 Å². The molecule has 1 atom stereocenters. The Kier molecular flexibility index (Phi) is 8.23. The molecule has 2 amide bonds. The summed E-state index contributed by atoms with van der Waals surface area (Å²) in [4.78, 5) is 24.5. The van der Waals surface area contributed by atoms with Crippen LogP contribution >= 0.6 is 0 Å². The molecule has 0 fully saturated rings. The summed E-state index contributed by atoms with van der Waals surface area (Å²) < 4.78 is 26.7. The van der Waals surface area contributed by atoms with E-state index in [2.05, 4.69) is 10.6 Å². The van der Waals surface area contributed by atoms with Crippen molar-refractivity contribution in [2.75, 3.05) is 19.6 Å². The number of carbonyl (C=O) groups excluding carboxylic acids is 2. The van der Waals surface area contributed by atoms with Crippen LogP contribution in [0.4, 0.5) is 0 Å². The Morgan fingerprint density at radius 2 is 1.77 bits per heavy atom. The minimum Gasteiger partial charge on any atom is -0.354 e. The zero-order chi connectivity index (χ0) is 19.9. The van der Waals surface area contributed by atoms with Crippen LogP contribution in [0.1, 0.15) is 50.0 Å². The van der Waals surface area contributed by atoms with E-state index in [0.717, 1.165) is 6.42 Å². The predicted molar refractivity (Wildman–Crippen MR) is 102 cm³/mol. The number of rotatable bonds is 9. The highest BCUT2D eigenvalue weighted by Crippen LogP contribution is 2.19. The molecule has 0 saturated heterocycles. The summed E-state index contributed by atoms with van der Waals surface area (Å²) >= 11 is 0. The van der Waals surface area contributed by atoms with Gasteiger partial charge < -0.3 is 10.6 Å². The molecule has 146 valence electrons. The molecule has 1 aromatic carbocycles. The molecule has 0 aromatic heterocycles. The highest BCUT2D eigenvalue weighted by molar-refractivity contribution is 7.89. The van der Waals surface area contributed by atoms with Gasteiger partial charge in [-0.25, -0.2) is 8.42 Å². The molecule has 0 aliphatic rings. The topological polar surface area (TPSA) is 95.6 Å². The summed E-state index contributed by atoms with van der Waals surface area (Å²) in [5, 5.41) is 5.34.